The molecule has 8 nitrogen and oxygen atoms in total. The predicted molar refractivity (Wildman–Crippen MR) is 104 cm³/mol. The van der Waals surface area contributed by atoms with Crippen molar-refractivity contribution in [2.24, 2.45) is 0 Å². The van der Waals surface area contributed by atoms with Crippen LogP contribution in [0.4, 0.5) is 5.69 Å². The topological polar surface area (TPSA) is 125 Å². The van der Waals surface area contributed by atoms with E-state index >= 15 is 0 Å². The smallest absolute Gasteiger partial charge is 0.344 e. The van der Waals surface area contributed by atoms with Crippen molar-refractivity contribution in [1.29, 1.82) is 0 Å². The molecule has 0 radical (unpaired) electrons. The van der Waals surface area contributed by atoms with Crippen LogP contribution < -0.4 is 11.1 Å². The van der Waals surface area contributed by atoms with Gasteiger partial charge in [-0.15, -0.1) is 0 Å². The lowest BCUT2D eigenvalue weighted by Gasteiger charge is -2.29. The lowest BCUT2D eigenvalue weighted by Crippen LogP contribution is -2.62. The van der Waals surface area contributed by atoms with Crippen molar-refractivity contribution in [1.82, 2.24) is 5.32 Å². The van der Waals surface area contributed by atoms with Gasteiger partial charge in [-0.2, -0.15) is 0 Å². The van der Waals surface area contributed by atoms with E-state index in [0.717, 1.165) is 12.5 Å². The van der Waals surface area contributed by atoms with Crippen LogP contribution in [-0.2, 0) is 23.9 Å². The number of hydrogen-bond acceptors (Lipinski definition) is 7. The molecule has 0 aliphatic rings. The molecule has 1 aromatic rings. The first-order chi connectivity index (χ1) is 13.1. The van der Waals surface area contributed by atoms with E-state index in [0.29, 0.717) is 0 Å². The summed E-state index contributed by atoms with van der Waals surface area (Å²) in [6.45, 7) is 8.06. The fourth-order valence-corrected chi connectivity index (χ4v) is 2.69. The Morgan fingerprint density at radius 1 is 1.07 bits per heavy atom. The molecule has 0 aromatic heterocycles. The second-order valence-corrected chi connectivity index (χ2v) is 6.63. The number of anilines is 1. The first-order valence-corrected chi connectivity index (χ1v) is 9.14. The highest BCUT2D eigenvalue weighted by Crippen LogP contribution is 2.25. The molecule has 0 aliphatic carbocycles. The normalized spacial score (nSPS) is 11.1. The van der Waals surface area contributed by atoms with Crippen LogP contribution in [0.2, 0.25) is 0 Å². The first-order valence-electron chi connectivity index (χ1n) is 9.14. The van der Waals surface area contributed by atoms with Crippen LogP contribution in [0.25, 0.3) is 0 Å². The minimum Gasteiger partial charge on any atom is -0.464 e. The molecule has 1 rings (SSSR count). The number of nitrogen functional groups attached to an aromatic ring is 1. The van der Waals surface area contributed by atoms with Crippen LogP contribution in [0.5, 0.6) is 0 Å². The Kier molecular flexibility index (Phi) is 8.16. The van der Waals surface area contributed by atoms with Gasteiger partial charge in [0.1, 0.15) is 0 Å². The molecule has 0 fully saturated rings. The summed E-state index contributed by atoms with van der Waals surface area (Å²) in [7, 11) is 0. The number of rotatable bonds is 9. The standard InChI is InChI=1S/C20H28N2O6/c1-6-27-18(25)20(22-13(5)23,19(26)28-7-2)11-17(24)15-10-14(12(3)4)8-9-16(15)21/h8-10,12H,6-7,11,21H2,1-5H3,(H,22,23). The number of nitrogens with two attached hydrogens (primary N) is 1. The van der Waals surface area contributed by atoms with E-state index < -0.39 is 35.6 Å². The zero-order valence-corrected chi connectivity index (χ0v) is 17.0. The third-order valence-corrected chi connectivity index (χ3v) is 4.11. The highest BCUT2D eigenvalue weighted by atomic mass is 16.6. The highest BCUT2D eigenvalue weighted by Gasteiger charge is 2.51. The SMILES string of the molecule is CCOC(=O)C(CC(=O)c1cc(C(C)C)ccc1N)(NC(C)=O)C(=O)OCC. The third kappa shape index (κ3) is 5.31. The Hall–Kier alpha value is -2.90. The summed E-state index contributed by atoms with van der Waals surface area (Å²) in [5, 5.41) is 2.27. The van der Waals surface area contributed by atoms with Crippen LogP contribution in [0.1, 0.15) is 62.9 Å². The van der Waals surface area contributed by atoms with Gasteiger partial charge in [0.2, 0.25) is 11.4 Å². The summed E-state index contributed by atoms with van der Waals surface area (Å²) in [6, 6.07) is 5.02. The van der Waals surface area contributed by atoms with Crippen molar-refractivity contribution in [3.8, 4) is 0 Å². The van der Waals surface area contributed by atoms with E-state index in [1.807, 2.05) is 13.8 Å². The Labute approximate surface area is 164 Å². The molecule has 8 heteroatoms. The van der Waals surface area contributed by atoms with E-state index in [1.54, 1.807) is 32.0 Å². The van der Waals surface area contributed by atoms with Gasteiger partial charge in [0.05, 0.1) is 19.6 Å². The van der Waals surface area contributed by atoms with Crippen molar-refractivity contribution >= 4 is 29.3 Å². The molecule has 0 spiro atoms. The molecule has 1 aromatic carbocycles. The number of carbonyl (C=O) groups is 4. The zero-order valence-electron chi connectivity index (χ0n) is 17.0. The van der Waals surface area contributed by atoms with Gasteiger partial charge in [-0.05, 0) is 37.5 Å². The van der Waals surface area contributed by atoms with Gasteiger partial charge in [0.15, 0.2) is 5.78 Å². The molecule has 0 bridgehead atoms. The zero-order chi connectivity index (χ0) is 21.5. The number of amides is 1. The average Bonchev–Trinajstić information content (AvgIpc) is 2.60. The predicted octanol–water partition coefficient (Wildman–Crippen LogP) is 1.97. The van der Waals surface area contributed by atoms with E-state index in [4.69, 9.17) is 15.2 Å². The lowest BCUT2D eigenvalue weighted by atomic mass is 9.88. The number of ether oxygens (including phenoxy) is 2. The maximum absolute atomic E-state index is 13.0. The summed E-state index contributed by atoms with van der Waals surface area (Å²) >= 11 is 0. The largest absolute Gasteiger partial charge is 0.464 e. The first kappa shape index (κ1) is 23.1. The number of carbonyl (C=O) groups excluding carboxylic acids is 4. The number of esters is 2. The van der Waals surface area contributed by atoms with Crippen molar-refractivity contribution in [3.05, 3.63) is 29.3 Å². The molecule has 0 atom stereocenters. The Bertz CT molecular complexity index is 739. The molecule has 0 heterocycles. The van der Waals surface area contributed by atoms with Gasteiger partial charge in [0, 0.05) is 18.2 Å². The molecule has 0 saturated carbocycles. The summed E-state index contributed by atoms with van der Waals surface area (Å²) in [4.78, 5) is 50.0. The van der Waals surface area contributed by atoms with Crippen LogP contribution in [0.3, 0.4) is 0 Å². The minimum absolute atomic E-state index is 0.0429. The quantitative estimate of drug-likeness (QED) is 0.285. The maximum atomic E-state index is 13.0. The fraction of sp³-hybridized carbons (Fsp3) is 0.500. The highest BCUT2D eigenvalue weighted by molar-refractivity contribution is 6.14. The lowest BCUT2D eigenvalue weighted by molar-refractivity contribution is -0.167. The second-order valence-electron chi connectivity index (χ2n) is 6.63. The van der Waals surface area contributed by atoms with E-state index in [2.05, 4.69) is 5.32 Å². The number of benzene rings is 1. The van der Waals surface area contributed by atoms with Gasteiger partial charge in [-0.1, -0.05) is 19.9 Å². The maximum Gasteiger partial charge on any atom is 0.344 e. The van der Waals surface area contributed by atoms with Crippen LogP contribution in [-0.4, -0.2) is 42.4 Å². The van der Waals surface area contributed by atoms with E-state index in [1.165, 1.54) is 0 Å². The average molecular weight is 392 g/mol. The Morgan fingerprint density at radius 2 is 1.61 bits per heavy atom. The summed E-state index contributed by atoms with van der Waals surface area (Å²) < 4.78 is 9.93. The second kappa shape index (κ2) is 9.87. The van der Waals surface area contributed by atoms with E-state index in [-0.39, 0.29) is 30.4 Å². The van der Waals surface area contributed by atoms with Gasteiger partial charge in [-0.25, -0.2) is 9.59 Å². The number of Topliss-reactive ketones (excluding diaryl/α,β-unsaturated/α-hetero) is 1. The summed E-state index contributed by atoms with van der Waals surface area (Å²) in [6.07, 6.45) is -0.671. The molecule has 154 valence electrons. The molecular formula is C20H28N2O6. The number of hydrogen-bond donors (Lipinski definition) is 2. The molecule has 1 amide bonds. The summed E-state index contributed by atoms with van der Waals surface area (Å²) in [5.41, 5.74) is 4.90. The number of nitrogens with one attached hydrogen (secondary N) is 1. The van der Waals surface area contributed by atoms with Crippen molar-refractivity contribution < 1.29 is 28.7 Å². The third-order valence-electron chi connectivity index (χ3n) is 4.11. The van der Waals surface area contributed by atoms with Crippen LogP contribution in [0, 0.1) is 0 Å². The van der Waals surface area contributed by atoms with Gasteiger partial charge >= 0.3 is 11.9 Å². The Balaban J connectivity index is 3.44. The van der Waals surface area contributed by atoms with Gasteiger partial charge in [-0.3, -0.25) is 9.59 Å². The van der Waals surface area contributed by atoms with Crippen molar-refractivity contribution in [3.63, 3.8) is 0 Å². The molecule has 0 unspecified atom stereocenters. The van der Waals surface area contributed by atoms with Crippen molar-refractivity contribution in [2.75, 3.05) is 18.9 Å². The molecule has 28 heavy (non-hydrogen) atoms. The monoisotopic (exact) mass is 392 g/mol. The van der Waals surface area contributed by atoms with Crippen molar-refractivity contribution in [2.45, 2.75) is 52.5 Å². The molecular weight excluding hydrogens is 364 g/mol. The number of ketones is 1. The molecule has 3 N–H and O–H groups in total. The minimum atomic E-state index is -2.28. The van der Waals surface area contributed by atoms with Crippen LogP contribution in [0.15, 0.2) is 18.2 Å². The van der Waals surface area contributed by atoms with Gasteiger partial charge < -0.3 is 20.5 Å². The van der Waals surface area contributed by atoms with Crippen LogP contribution >= 0.6 is 0 Å². The summed E-state index contributed by atoms with van der Waals surface area (Å²) in [5.74, 6) is -3.25. The molecule has 0 aliphatic heterocycles. The fourth-order valence-electron chi connectivity index (χ4n) is 2.69. The Morgan fingerprint density at radius 3 is 2.04 bits per heavy atom. The molecule has 0 saturated heterocycles. The van der Waals surface area contributed by atoms with E-state index in [9.17, 15) is 19.2 Å². The van der Waals surface area contributed by atoms with Gasteiger partial charge in [0.25, 0.3) is 0 Å².